The van der Waals surface area contributed by atoms with Crippen molar-refractivity contribution in [1.82, 2.24) is 9.97 Å². The molecule has 4 rings (SSSR count). The van der Waals surface area contributed by atoms with Gasteiger partial charge in [-0.3, -0.25) is 0 Å². The minimum atomic E-state index is -0.384. The van der Waals surface area contributed by atoms with E-state index in [4.69, 9.17) is 14.2 Å². The molecule has 0 unspecified atom stereocenters. The predicted molar refractivity (Wildman–Crippen MR) is 118 cm³/mol. The number of hydrogen-bond donors (Lipinski definition) is 0. The van der Waals surface area contributed by atoms with Crippen LogP contribution in [0.5, 0.6) is 0 Å². The molecule has 12 heteroatoms. The monoisotopic (exact) mass is 470 g/mol. The SMILES string of the molecule is CCOC(=O)c1csc(N2CCOCC2)n1.COC(=O)c1csc(N2CCOCC2)n1. The second-order valence-corrected chi connectivity index (χ2v) is 8.11. The summed E-state index contributed by atoms with van der Waals surface area (Å²) in [5.41, 5.74) is 0.775. The van der Waals surface area contributed by atoms with E-state index in [0.717, 1.165) is 36.4 Å². The zero-order chi connectivity index (χ0) is 22.1. The first kappa shape index (κ1) is 23.4. The fourth-order valence-corrected chi connectivity index (χ4v) is 4.52. The van der Waals surface area contributed by atoms with Crippen molar-refractivity contribution < 1.29 is 28.5 Å². The van der Waals surface area contributed by atoms with Gasteiger partial charge in [0.1, 0.15) is 0 Å². The van der Waals surface area contributed by atoms with Crippen LogP contribution in [-0.4, -0.2) is 88.2 Å². The summed E-state index contributed by atoms with van der Waals surface area (Å²) >= 11 is 2.93. The van der Waals surface area contributed by atoms with E-state index in [1.807, 2.05) is 0 Å². The zero-order valence-electron chi connectivity index (χ0n) is 17.6. The Morgan fingerprint density at radius 2 is 1.35 bits per heavy atom. The Morgan fingerprint density at radius 3 is 1.77 bits per heavy atom. The van der Waals surface area contributed by atoms with Crippen molar-refractivity contribution in [1.29, 1.82) is 0 Å². The maximum atomic E-state index is 11.4. The normalized spacial score (nSPS) is 16.3. The number of hydrogen-bond acceptors (Lipinski definition) is 12. The largest absolute Gasteiger partial charge is 0.464 e. The van der Waals surface area contributed by atoms with Crippen molar-refractivity contribution in [2.75, 3.05) is 76.1 Å². The number of morpholine rings is 2. The van der Waals surface area contributed by atoms with Gasteiger partial charge in [0, 0.05) is 36.9 Å². The molecule has 31 heavy (non-hydrogen) atoms. The summed E-state index contributed by atoms with van der Waals surface area (Å²) in [5.74, 6) is -0.732. The lowest BCUT2D eigenvalue weighted by Crippen LogP contribution is -2.36. The number of aromatic nitrogens is 2. The van der Waals surface area contributed by atoms with Gasteiger partial charge in [-0.2, -0.15) is 0 Å². The molecule has 0 bridgehead atoms. The molecule has 0 aromatic carbocycles. The maximum absolute atomic E-state index is 11.4. The average molecular weight is 471 g/mol. The highest BCUT2D eigenvalue weighted by Gasteiger charge is 2.18. The average Bonchev–Trinajstić information content (AvgIpc) is 3.51. The van der Waals surface area contributed by atoms with E-state index in [0.29, 0.717) is 44.4 Å². The molecule has 10 nitrogen and oxygen atoms in total. The van der Waals surface area contributed by atoms with Gasteiger partial charge in [0.2, 0.25) is 0 Å². The highest BCUT2D eigenvalue weighted by atomic mass is 32.1. The molecule has 2 fully saturated rings. The van der Waals surface area contributed by atoms with Gasteiger partial charge < -0.3 is 28.7 Å². The number of esters is 2. The smallest absolute Gasteiger partial charge is 0.357 e. The summed E-state index contributed by atoms with van der Waals surface area (Å²) in [7, 11) is 1.36. The van der Waals surface area contributed by atoms with Crippen LogP contribution in [0.1, 0.15) is 27.9 Å². The highest BCUT2D eigenvalue weighted by Crippen LogP contribution is 2.22. The van der Waals surface area contributed by atoms with Crippen LogP contribution in [0.2, 0.25) is 0 Å². The number of ether oxygens (including phenoxy) is 4. The molecule has 0 saturated carbocycles. The molecule has 170 valence electrons. The van der Waals surface area contributed by atoms with E-state index in [1.54, 1.807) is 17.7 Å². The van der Waals surface area contributed by atoms with Crippen molar-refractivity contribution in [3.63, 3.8) is 0 Å². The summed E-state index contributed by atoms with van der Waals surface area (Å²) in [6.07, 6.45) is 0. The number of methoxy groups -OCH3 is 1. The lowest BCUT2D eigenvalue weighted by Gasteiger charge is -2.25. The van der Waals surface area contributed by atoms with Crippen LogP contribution in [0.15, 0.2) is 10.8 Å². The number of carbonyl (C=O) groups excluding carboxylic acids is 2. The molecular weight excluding hydrogens is 444 g/mol. The summed E-state index contributed by atoms with van der Waals surface area (Å²) < 4.78 is 20.0. The molecule has 0 aliphatic carbocycles. The Hall–Kier alpha value is -2.28. The number of anilines is 2. The van der Waals surface area contributed by atoms with Gasteiger partial charge in [0.15, 0.2) is 21.7 Å². The van der Waals surface area contributed by atoms with E-state index >= 15 is 0 Å². The van der Waals surface area contributed by atoms with Crippen molar-refractivity contribution in [3.05, 3.63) is 22.1 Å². The number of nitrogens with zero attached hydrogens (tertiary/aromatic N) is 4. The second kappa shape index (κ2) is 11.9. The molecule has 2 aliphatic rings. The first-order chi connectivity index (χ1) is 15.1. The standard InChI is InChI=1S/C10H14N2O3S.C9H12N2O3S/c1-2-15-9(13)8-7-16-10(11-8)12-3-5-14-6-4-12;1-13-8(12)7-6-15-9(10-7)11-2-4-14-5-3-11/h7H,2-6H2,1H3;6H,2-5H2,1H3. The predicted octanol–water partition coefficient (Wildman–Crippen LogP) is 1.92. The summed E-state index contributed by atoms with van der Waals surface area (Å²) in [4.78, 5) is 35.3. The number of carbonyl (C=O) groups is 2. The van der Waals surface area contributed by atoms with Gasteiger partial charge >= 0.3 is 11.9 Å². The topological polar surface area (TPSA) is 103 Å². The van der Waals surface area contributed by atoms with Crippen LogP contribution >= 0.6 is 22.7 Å². The van der Waals surface area contributed by atoms with Gasteiger partial charge in [0.25, 0.3) is 0 Å². The molecule has 2 aromatic heterocycles. The molecule has 2 saturated heterocycles. The quantitative estimate of drug-likeness (QED) is 0.602. The molecule has 4 heterocycles. The Labute approximate surface area is 188 Å². The van der Waals surface area contributed by atoms with Gasteiger partial charge in [-0.05, 0) is 6.92 Å². The molecule has 0 amide bonds. The van der Waals surface area contributed by atoms with E-state index in [1.165, 1.54) is 29.8 Å². The van der Waals surface area contributed by atoms with E-state index in [9.17, 15) is 9.59 Å². The Morgan fingerprint density at radius 1 is 0.903 bits per heavy atom. The summed E-state index contributed by atoms with van der Waals surface area (Å²) in [5, 5.41) is 5.18. The third-order valence-corrected chi connectivity index (χ3v) is 6.23. The van der Waals surface area contributed by atoms with E-state index in [2.05, 4.69) is 24.5 Å². The molecule has 0 spiro atoms. The van der Waals surface area contributed by atoms with Crippen molar-refractivity contribution in [3.8, 4) is 0 Å². The molecule has 2 aromatic rings. The molecule has 0 radical (unpaired) electrons. The lowest BCUT2D eigenvalue weighted by molar-refractivity contribution is 0.0519. The minimum absolute atomic E-state index is 0.349. The minimum Gasteiger partial charge on any atom is -0.464 e. The van der Waals surface area contributed by atoms with Gasteiger partial charge in [-0.25, -0.2) is 19.6 Å². The van der Waals surface area contributed by atoms with Crippen LogP contribution in [0, 0.1) is 0 Å². The molecule has 2 aliphatic heterocycles. The van der Waals surface area contributed by atoms with Gasteiger partial charge in [-0.15, -0.1) is 22.7 Å². The van der Waals surface area contributed by atoms with E-state index < -0.39 is 0 Å². The molecule has 0 N–H and O–H groups in total. The zero-order valence-corrected chi connectivity index (χ0v) is 19.2. The third-order valence-electron chi connectivity index (χ3n) is 4.43. The van der Waals surface area contributed by atoms with Crippen LogP contribution < -0.4 is 9.80 Å². The molecular formula is C19H26N4O6S2. The van der Waals surface area contributed by atoms with E-state index in [-0.39, 0.29) is 11.9 Å². The van der Waals surface area contributed by atoms with Crippen molar-refractivity contribution >= 4 is 44.9 Å². The second-order valence-electron chi connectivity index (χ2n) is 6.44. The fraction of sp³-hybridized carbons (Fsp3) is 0.579. The van der Waals surface area contributed by atoms with Crippen molar-refractivity contribution in [2.24, 2.45) is 0 Å². The Balaban J connectivity index is 0.000000176. The lowest BCUT2D eigenvalue weighted by atomic mass is 10.4. The number of thiazole rings is 2. The first-order valence-corrected chi connectivity index (χ1v) is 11.7. The fourth-order valence-electron chi connectivity index (χ4n) is 2.83. The Kier molecular flexibility index (Phi) is 9.00. The molecule has 0 atom stereocenters. The van der Waals surface area contributed by atoms with Gasteiger partial charge in [-0.1, -0.05) is 0 Å². The van der Waals surface area contributed by atoms with Crippen LogP contribution in [0.25, 0.3) is 0 Å². The first-order valence-electron chi connectivity index (χ1n) is 9.94. The van der Waals surface area contributed by atoms with Gasteiger partial charge in [0.05, 0.1) is 40.1 Å². The van der Waals surface area contributed by atoms with Crippen LogP contribution in [-0.2, 0) is 18.9 Å². The third kappa shape index (κ3) is 6.60. The highest BCUT2D eigenvalue weighted by molar-refractivity contribution is 7.14. The Bertz CT molecular complexity index is 846. The summed E-state index contributed by atoms with van der Waals surface area (Å²) in [6.45, 7) is 8.34. The van der Waals surface area contributed by atoms with Crippen LogP contribution in [0.4, 0.5) is 10.3 Å². The maximum Gasteiger partial charge on any atom is 0.357 e. The van der Waals surface area contributed by atoms with Crippen molar-refractivity contribution in [2.45, 2.75) is 6.92 Å². The number of rotatable bonds is 5. The van der Waals surface area contributed by atoms with Crippen LogP contribution in [0.3, 0.4) is 0 Å². The summed E-state index contributed by atoms with van der Waals surface area (Å²) in [6, 6.07) is 0.